The molecule has 0 radical (unpaired) electrons. The maximum atomic E-state index is 11.8. The zero-order chi connectivity index (χ0) is 13.0. The first kappa shape index (κ1) is 12.3. The second-order valence-corrected chi connectivity index (χ2v) is 4.51. The Morgan fingerprint density at radius 1 is 1.11 bits per heavy atom. The number of anilines is 2. The molecular formula is C13H12N2O2S. The summed E-state index contributed by atoms with van der Waals surface area (Å²) >= 11 is 1.47. The minimum absolute atomic E-state index is 0.142. The molecule has 4 nitrogen and oxygen atoms in total. The fourth-order valence-corrected chi connectivity index (χ4v) is 2.11. The van der Waals surface area contributed by atoms with Gasteiger partial charge in [-0.15, -0.1) is 0 Å². The third-order valence-electron chi connectivity index (χ3n) is 2.22. The van der Waals surface area contributed by atoms with Gasteiger partial charge in [-0.3, -0.25) is 9.59 Å². The topological polar surface area (TPSA) is 58.2 Å². The van der Waals surface area contributed by atoms with Crippen molar-refractivity contribution in [1.29, 1.82) is 0 Å². The van der Waals surface area contributed by atoms with Gasteiger partial charge in [0.1, 0.15) is 0 Å². The number of rotatable bonds is 3. The number of carbonyl (C=O) groups is 2. The van der Waals surface area contributed by atoms with Crippen molar-refractivity contribution in [2.24, 2.45) is 0 Å². The van der Waals surface area contributed by atoms with Gasteiger partial charge in [0.05, 0.1) is 5.56 Å². The lowest BCUT2D eigenvalue weighted by Gasteiger charge is -2.06. The molecule has 0 saturated heterocycles. The summed E-state index contributed by atoms with van der Waals surface area (Å²) < 4.78 is 0. The second kappa shape index (κ2) is 5.46. The van der Waals surface area contributed by atoms with E-state index in [1.807, 2.05) is 5.38 Å². The van der Waals surface area contributed by atoms with E-state index in [-0.39, 0.29) is 11.8 Å². The molecular weight excluding hydrogens is 248 g/mol. The smallest absolute Gasteiger partial charge is 0.256 e. The molecule has 1 aromatic carbocycles. The lowest BCUT2D eigenvalue weighted by molar-refractivity contribution is -0.114. The largest absolute Gasteiger partial charge is 0.326 e. The summed E-state index contributed by atoms with van der Waals surface area (Å²) in [5, 5.41) is 9.07. The summed E-state index contributed by atoms with van der Waals surface area (Å²) in [5.74, 6) is -0.299. The number of benzene rings is 1. The van der Waals surface area contributed by atoms with Crippen LogP contribution in [0.1, 0.15) is 17.3 Å². The molecule has 1 aromatic heterocycles. The summed E-state index contributed by atoms with van der Waals surface area (Å²) in [4.78, 5) is 22.8. The van der Waals surface area contributed by atoms with Crippen LogP contribution >= 0.6 is 11.3 Å². The van der Waals surface area contributed by atoms with Crippen LogP contribution in [0, 0.1) is 0 Å². The monoisotopic (exact) mass is 260 g/mol. The van der Waals surface area contributed by atoms with Gasteiger partial charge < -0.3 is 10.6 Å². The highest BCUT2D eigenvalue weighted by atomic mass is 32.1. The van der Waals surface area contributed by atoms with Crippen molar-refractivity contribution in [3.05, 3.63) is 46.7 Å². The Labute approximate surface area is 109 Å². The van der Waals surface area contributed by atoms with Gasteiger partial charge >= 0.3 is 0 Å². The van der Waals surface area contributed by atoms with Crippen LogP contribution in [0.2, 0.25) is 0 Å². The molecule has 2 rings (SSSR count). The van der Waals surface area contributed by atoms with Crippen LogP contribution in [0.4, 0.5) is 11.4 Å². The van der Waals surface area contributed by atoms with E-state index in [4.69, 9.17) is 0 Å². The average molecular weight is 260 g/mol. The second-order valence-electron chi connectivity index (χ2n) is 3.73. The fraction of sp³-hybridized carbons (Fsp3) is 0.0769. The molecule has 0 aliphatic carbocycles. The van der Waals surface area contributed by atoms with E-state index >= 15 is 0 Å². The molecule has 0 spiro atoms. The van der Waals surface area contributed by atoms with Crippen LogP contribution in [-0.4, -0.2) is 11.8 Å². The summed E-state index contributed by atoms with van der Waals surface area (Å²) in [6.07, 6.45) is 0. The molecule has 0 unspecified atom stereocenters. The van der Waals surface area contributed by atoms with E-state index in [9.17, 15) is 9.59 Å². The molecule has 0 aliphatic rings. The maximum Gasteiger partial charge on any atom is 0.256 e. The highest BCUT2D eigenvalue weighted by Crippen LogP contribution is 2.16. The summed E-state index contributed by atoms with van der Waals surface area (Å²) in [6, 6.07) is 8.79. The lowest BCUT2D eigenvalue weighted by Crippen LogP contribution is -2.11. The van der Waals surface area contributed by atoms with Crippen LogP contribution in [0.25, 0.3) is 0 Å². The van der Waals surface area contributed by atoms with Crippen molar-refractivity contribution in [3.63, 3.8) is 0 Å². The van der Waals surface area contributed by atoms with Crippen LogP contribution in [-0.2, 0) is 4.79 Å². The molecule has 0 aliphatic heterocycles. The Bertz CT molecular complexity index is 564. The number of thiophene rings is 1. The quantitative estimate of drug-likeness (QED) is 0.891. The van der Waals surface area contributed by atoms with Crippen molar-refractivity contribution in [2.75, 3.05) is 10.6 Å². The molecule has 0 fully saturated rings. The van der Waals surface area contributed by atoms with E-state index in [2.05, 4.69) is 10.6 Å². The number of hydrogen-bond donors (Lipinski definition) is 2. The van der Waals surface area contributed by atoms with Crippen molar-refractivity contribution >= 4 is 34.5 Å². The molecule has 0 saturated carbocycles. The summed E-state index contributed by atoms with van der Waals surface area (Å²) in [6.45, 7) is 1.44. The molecule has 2 N–H and O–H groups in total. The Balaban J connectivity index is 2.10. The van der Waals surface area contributed by atoms with Crippen molar-refractivity contribution < 1.29 is 9.59 Å². The summed E-state index contributed by atoms with van der Waals surface area (Å²) in [7, 11) is 0. The van der Waals surface area contributed by atoms with Crippen molar-refractivity contribution in [1.82, 2.24) is 0 Å². The molecule has 92 valence electrons. The van der Waals surface area contributed by atoms with Gasteiger partial charge in [-0.25, -0.2) is 0 Å². The lowest BCUT2D eigenvalue weighted by atomic mass is 10.2. The van der Waals surface area contributed by atoms with Gasteiger partial charge in [-0.05, 0) is 29.6 Å². The van der Waals surface area contributed by atoms with Gasteiger partial charge in [-0.2, -0.15) is 11.3 Å². The van der Waals surface area contributed by atoms with Gasteiger partial charge in [-0.1, -0.05) is 6.07 Å². The first-order chi connectivity index (χ1) is 8.65. The van der Waals surface area contributed by atoms with E-state index < -0.39 is 0 Å². The van der Waals surface area contributed by atoms with Crippen LogP contribution in [0.15, 0.2) is 41.1 Å². The van der Waals surface area contributed by atoms with Crippen LogP contribution in [0.3, 0.4) is 0 Å². The van der Waals surface area contributed by atoms with E-state index in [0.29, 0.717) is 16.9 Å². The SMILES string of the molecule is CC(=O)Nc1cccc(NC(=O)c2ccsc2)c1. The van der Waals surface area contributed by atoms with Gasteiger partial charge in [0.2, 0.25) is 5.91 Å². The van der Waals surface area contributed by atoms with Crippen molar-refractivity contribution in [2.45, 2.75) is 6.92 Å². The van der Waals surface area contributed by atoms with Crippen molar-refractivity contribution in [3.8, 4) is 0 Å². The van der Waals surface area contributed by atoms with Crippen LogP contribution < -0.4 is 10.6 Å². The number of carbonyl (C=O) groups excluding carboxylic acids is 2. The molecule has 0 bridgehead atoms. The first-order valence-corrected chi connectivity index (χ1v) is 6.30. The molecule has 5 heteroatoms. The average Bonchev–Trinajstić information content (AvgIpc) is 2.81. The minimum Gasteiger partial charge on any atom is -0.326 e. The molecule has 0 atom stereocenters. The maximum absolute atomic E-state index is 11.8. The van der Waals surface area contributed by atoms with Gasteiger partial charge in [0.25, 0.3) is 5.91 Å². The first-order valence-electron chi connectivity index (χ1n) is 5.36. The predicted octanol–water partition coefficient (Wildman–Crippen LogP) is 2.96. The van der Waals surface area contributed by atoms with E-state index in [1.54, 1.807) is 35.7 Å². The fourth-order valence-electron chi connectivity index (χ4n) is 1.47. The zero-order valence-electron chi connectivity index (χ0n) is 9.77. The Hall–Kier alpha value is -2.14. The summed E-state index contributed by atoms with van der Waals surface area (Å²) in [5.41, 5.74) is 1.94. The third-order valence-corrected chi connectivity index (χ3v) is 2.91. The molecule has 18 heavy (non-hydrogen) atoms. The zero-order valence-corrected chi connectivity index (χ0v) is 10.6. The van der Waals surface area contributed by atoms with Gasteiger partial charge in [0.15, 0.2) is 0 Å². The molecule has 2 amide bonds. The molecule has 2 aromatic rings. The number of nitrogens with one attached hydrogen (secondary N) is 2. The Morgan fingerprint density at radius 3 is 2.44 bits per heavy atom. The Kier molecular flexibility index (Phi) is 3.74. The highest BCUT2D eigenvalue weighted by Gasteiger charge is 2.06. The minimum atomic E-state index is -0.156. The van der Waals surface area contributed by atoms with E-state index in [1.165, 1.54) is 18.3 Å². The van der Waals surface area contributed by atoms with Gasteiger partial charge in [0, 0.05) is 23.7 Å². The third kappa shape index (κ3) is 3.18. The number of hydrogen-bond acceptors (Lipinski definition) is 3. The highest BCUT2D eigenvalue weighted by molar-refractivity contribution is 7.08. The van der Waals surface area contributed by atoms with Crippen LogP contribution in [0.5, 0.6) is 0 Å². The number of amides is 2. The standard InChI is InChI=1S/C13H12N2O2S/c1-9(16)14-11-3-2-4-12(7-11)15-13(17)10-5-6-18-8-10/h2-8H,1H3,(H,14,16)(H,15,17). The normalized spacial score (nSPS) is 9.83. The molecule has 1 heterocycles. The predicted molar refractivity (Wildman–Crippen MR) is 73.0 cm³/mol. The Morgan fingerprint density at radius 2 is 1.83 bits per heavy atom. The van der Waals surface area contributed by atoms with E-state index in [0.717, 1.165) is 0 Å².